The summed E-state index contributed by atoms with van der Waals surface area (Å²) >= 11 is 0. The highest BCUT2D eigenvalue weighted by atomic mass is 16.3. The number of H-pyrrole nitrogens is 1. The van der Waals surface area contributed by atoms with Gasteiger partial charge in [-0.3, -0.25) is 0 Å². The lowest BCUT2D eigenvalue weighted by molar-refractivity contribution is -0.0252. The standard InChI is InChI=1S/C28H34N4O2/c1-27(2)24-16-19-20(9-6-12-23(19)33)28(27,3)13-15-32(24)26(34)31-14-7-8-18(17-31)25-29-21-10-4-5-11-22(21)30-25/h4-6,9-12,18,24,33H,7-8,13-17H2,1-3H3,(H,29,30)/t18?,24-,28+/m1/s1. The minimum Gasteiger partial charge on any atom is -0.508 e. The second-order valence-corrected chi connectivity index (χ2v) is 11.2. The highest BCUT2D eigenvalue weighted by molar-refractivity contribution is 5.77. The number of benzene rings is 2. The number of nitrogens with one attached hydrogen (secondary N) is 1. The largest absolute Gasteiger partial charge is 0.508 e. The molecule has 3 aromatic rings. The molecule has 6 rings (SSSR count). The Morgan fingerprint density at radius 2 is 1.94 bits per heavy atom. The number of carbonyl (C=O) groups excluding carboxylic acids is 1. The lowest BCUT2D eigenvalue weighted by atomic mass is 9.51. The summed E-state index contributed by atoms with van der Waals surface area (Å²) in [6.45, 7) is 9.16. The molecule has 2 bridgehead atoms. The maximum Gasteiger partial charge on any atom is 0.320 e. The van der Waals surface area contributed by atoms with Gasteiger partial charge < -0.3 is 19.9 Å². The first-order valence-electron chi connectivity index (χ1n) is 12.6. The second-order valence-electron chi connectivity index (χ2n) is 11.2. The number of aromatic amines is 1. The molecule has 2 fully saturated rings. The number of carbonyl (C=O) groups is 1. The zero-order chi connectivity index (χ0) is 23.7. The normalized spacial score (nSPS) is 28.1. The molecule has 34 heavy (non-hydrogen) atoms. The number of aromatic nitrogens is 2. The van der Waals surface area contributed by atoms with E-state index in [1.165, 1.54) is 5.56 Å². The van der Waals surface area contributed by atoms with E-state index in [0.29, 0.717) is 18.7 Å². The fraction of sp³-hybridized carbons (Fsp3) is 0.500. The van der Waals surface area contributed by atoms with Crippen LogP contribution in [-0.2, 0) is 11.8 Å². The Hall–Kier alpha value is -3.02. The van der Waals surface area contributed by atoms with Gasteiger partial charge in [0, 0.05) is 37.0 Å². The van der Waals surface area contributed by atoms with E-state index < -0.39 is 0 Å². The van der Waals surface area contributed by atoms with Crippen LogP contribution in [0.5, 0.6) is 5.75 Å². The number of fused-ring (bicyclic) bond motifs is 5. The molecule has 6 nitrogen and oxygen atoms in total. The topological polar surface area (TPSA) is 72.5 Å². The number of hydrogen-bond acceptors (Lipinski definition) is 3. The number of nitrogens with zero attached hydrogens (tertiary/aromatic N) is 3. The molecule has 0 saturated carbocycles. The van der Waals surface area contributed by atoms with Crippen LogP contribution in [0.15, 0.2) is 42.5 Å². The minimum absolute atomic E-state index is 0.0612. The summed E-state index contributed by atoms with van der Waals surface area (Å²) < 4.78 is 0. The van der Waals surface area contributed by atoms with E-state index in [-0.39, 0.29) is 28.8 Å². The average Bonchev–Trinajstić information content (AvgIpc) is 3.26. The van der Waals surface area contributed by atoms with E-state index in [4.69, 9.17) is 4.98 Å². The molecule has 6 heteroatoms. The summed E-state index contributed by atoms with van der Waals surface area (Å²) in [5.74, 6) is 1.58. The van der Waals surface area contributed by atoms with Crippen molar-refractivity contribution in [3.8, 4) is 5.75 Å². The summed E-state index contributed by atoms with van der Waals surface area (Å²) in [4.78, 5) is 26.4. The zero-order valence-electron chi connectivity index (χ0n) is 20.3. The minimum atomic E-state index is -0.0877. The van der Waals surface area contributed by atoms with Gasteiger partial charge in [0.15, 0.2) is 0 Å². The number of imidazole rings is 1. The van der Waals surface area contributed by atoms with Gasteiger partial charge >= 0.3 is 6.03 Å². The van der Waals surface area contributed by atoms with Crippen LogP contribution in [0.4, 0.5) is 4.79 Å². The van der Waals surface area contributed by atoms with Crippen molar-refractivity contribution in [2.45, 2.75) is 63.8 Å². The van der Waals surface area contributed by atoms with Crippen molar-refractivity contribution in [3.05, 3.63) is 59.4 Å². The molecule has 3 aliphatic rings. The molecule has 3 heterocycles. The third-order valence-electron chi connectivity index (χ3n) is 9.36. The van der Waals surface area contributed by atoms with Gasteiger partial charge in [-0.05, 0) is 60.4 Å². The first-order valence-corrected chi connectivity index (χ1v) is 12.6. The highest BCUT2D eigenvalue weighted by Gasteiger charge is 2.57. The zero-order valence-corrected chi connectivity index (χ0v) is 20.3. The van der Waals surface area contributed by atoms with Crippen LogP contribution in [-0.4, -0.2) is 56.6 Å². The molecule has 2 aliphatic heterocycles. The van der Waals surface area contributed by atoms with Crippen LogP contribution < -0.4 is 0 Å². The smallest absolute Gasteiger partial charge is 0.320 e. The first kappa shape index (κ1) is 21.5. The van der Waals surface area contributed by atoms with Crippen molar-refractivity contribution >= 4 is 17.1 Å². The highest BCUT2D eigenvalue weighted by Crippen LogP contribution is 2.57. The maximum atomic E-state index is 14.0. The predicted octanol–water partition coefficient (Wildman–Crippen LogP) is 5.18. The molecule has 2 amide bonds. The van der Waals surface area contributed by atoms with Gasteiger partial charge in [-0.15, -0.1) is 0 Å². The van der Waals surface area contributed by atoms with Crippen molar-refractivity contribution < 1.29 is 9.90 Å². The fourth-order valence-electron chi connectivity index (χ4n) is 6.88. The Bertz CT molecular complexity index is 1230. The van der Waals surface area contributed by atoms with Crippen molar-refractivity contribution in [2.75, 3.05) is 19.6 Å². The number of amides is 2. The van der Waals surface area contributed by atoms with Gasteiger partial charge in [0.1, 0.15) is 11.6 Å². The van der Waals surface area contributed by atoms with E-state index >= 15 is 0 Å². The van der Waals surface area contributed by atoms with E-state index in [9.17, 15) is 9.90 Å². The van der Waals surface area contributed by atoms with Crippen molar-refractivity contribution in [1.29, 1.82) is 0 Å². The summed E-state index contributed by atoms with van der Waals surface area (Å²) in [6.07, 6.45) is 3.63. The van der Waals surface area contributed by atoms with Gasteiger partial charge in [0.25, 0.3) is 0 Å². The number of phenolic OH excluding ortho intramolecular Hbond substituents is 1. The molecule has 178 valence electrons. The fourth-order valence-corrected chi connectivity index (χ4v) is 6.88. The van der Waals surface area contributed by atoms with Crippen LogP contribution in [0.25, 0.3) is 11.0 Å². The lowest BCUT2D eigenvalue weighted by Gasteiger charge is -2.61. The Balaban J connectivity index is 1.27. The number of likely N-dealkylation sites (tertiary alicyclic amines) is 2. The number of piperidine rings is 2. The number of urea groups is 1. The van der Waals surface area contributed by atoms with Crippen LogP contribution in [0, 0.1) is 5.41 Å². The molecular weight excluding hydrogens is 424 g/mol. The van der Waals surface area contributed by atoms with Crippen LogP contribution in [0.1, 0.15) is 62.9 Å². The van der Waals surface area contributed by atoms with E-state index in [0.717, 1.165) is 54.8 Å². The van der Waals surface area contributed by atoms with Crippen molar-refractivity contribution in [3.63, 3.8) is 0 Å². The molecular formula is C28H34N4O2. The molecule has 2 saturated heterocycles. The molecule has 2 N–H and O–H groups in total. The molecule has 2 aromatic carbocycles. The summed E-state index contributed by atoms with van der Waals surface area (Å²) in [7, 11) is 0. The predicted molar refractivity (Wildman–Crippen MR) is 133 cm³/mol. The second kappa shape index (κ2) is 7.49. The molecule has 3 atom stereocenters. The van der Waals surface area contributed by atoms with Gasteiger partial charge in [0.05, 0.1) is 11.0 Å². The Morgan fingerprint density at radius 3 is 2.76 bits per heavy atom. The molecule has 1 unspecified atom stereocenters. The van der Waals surface area contributed by atoms with Crippen molar-refractivity contribution in [2.24, 2.45) is 5.41 Å². The average molecular weight is 459 g/mol. The molecule has 0 radical (unpaired) electrons. The van der Waals surface area contributed by atoms with Crippen LogP contribution in [0.2, 0.25) is 0 Å². The number of para-hydroxylation sites is 2. The monoisotopic (exact) mass is 458 g/mol. The van der Waals surface area contributed by atoms with E-state index in [2.05, 4.69) is 42.8 Å². The quantitative estimate of drug-likeness (QED) is 0.528. The summed E-state index contributed by atoms with van der Waals surface area (Å²) in [5.41, 5.74) is 4.15. The molecule has 1 aliphatic carbocycles. The third-order valence-corrected chi connectivity index (χ3v) is 9.36. The first-order chi connectivity index (χ1) is 16.3. The number of aromatic hydroxyl groups is 1. The number of rotatable bonds is 1. The van der Waals surface area contributed by atoms with Crippen LogP contribution in [0.3, 0.4) is 0 Å². The molecule has 1 aromatic heterocycles. The van der Waals surface area contributed by atoms with Crippen LogP contribution >= 0.6 is 0 Å². The van der Waals surface area contributed by atoms with E-state index in [1.807, 2.05) is 29.2 Å². The van der Waals surface area contributed by atoms with Gasteiger partial charge in [0.2, 0.25) is 0 Å². The summed E-state index contributed by atoms with van der Waals surface area (Å²) in [5, 5.41) is 10.7. The van der Waals surface area contributed by atoms with E-state index in [1.54, 1.807) is 6.07 Å². The Kier molecular flexibility index (Phi) is 4.74. The number of phenols is 1. The Labute approximate surface area is 201 Å². The lowest BCUT2D eigenvalue weighted by Crippen LogP contribution is -2.66. The van der Waals surface area contributed by atoms with Gasteiger partial charge in [-0.2, -0.15) is 0 Å². The van der Waals surface area contributed by atoms with Gasteiger partial charge in [-0.1, -0.05) is 45.0 Å². The maximum absolute atomic E-state index is 14.0. The Morgan fingerprint density at radius 1 is 1.12 bits per heavy atom. The third kappa shape index (κ3) is 3.00. The number of hydrogen-bond donors (Lipinski definition) is 2. The summed E-state index contributed by atoms with van der Waals surface area (Å²) in [6, 6.07) is 14.2. The SMILES string of the molecule is CC1(C)[C@H]2Cc3c(O)cccc3[C@]1(C)CCN2C(=O)N1CCCC(c2nc3ccccc3[nH]2)C1. The molecule has 0 spiro atoms. The van der Waals surface area contributed by atoms with Crippen molar-refractivity contribution in [1.82, 2.24) is 19.8 Å². The van der Waals surface area contributed by atoms with Gasteiger partial charge in [-0.25, -0.2) is 9.78 Å².